The van der Waals surface area contributed by atoms with E-state index in [4.69, 9.17) is 16.9 Å². The normalized spacial score (nSPS) is 11.6. The number of rotatable bonds is 5. The van der Waals surface area contributed by atoms with Gasteiger partial charge in [0, 0.05) is 18.0 Å². The van der Waals surface area contributed by atoms with Crippen molar-refractivity contribution in [3.63, 3.8) is 0 Å². The van der Waals surface area contributed by atoms with Crippen molar-refractivity contribution in [3.8, 4) is 6.07 Å². The zero-order valence-corrected chi connectivity index (χ0v) is 10.5. The van der Waals surface area contributed by atoms with Crippen LogP contribution in [0.5, 0.6) is 0 Å². The highest BCUT2D eigenvalue weighted by molar-refractivity contribution is 6.30. The van der Waals surface area contributed by atoms with Gasteiger partial charge in [-0.15, -0.1) is 0 Å². The highest BCUT2D eigenvalue weighted by Crippen LogP contribution is 2.20. The summed E-state index contributed by atoms with van der Waals surface area (Å²) in [5, 5.41) is 12.4. The maximum absolute atomic E-state index is 11.5. The fraction of sp³-hybridized carbons (Fsp3) is 0.385. The smallest absolute Gasteiger partial charge is 0.221 e. The van der Waals surface area contributed by atoms with Crippen molar-refractivity contribution in [1.82, 2.24) is 5.32 Å². The minimum Gasteiger partial charge on any atom is -0.356 e. The van der Waals surface area contributed by atoms with Crippen molar-refractivity contribution in [3.05, 3.63) is 34.9 Å². The van der Waals surface area contributed by atoms with Crippen LogP contribution in [-0.2, 0) is 4.79 Å². The lowest BCUT2D eigenvalue weighted by Crippen LogP contribution is -2.25. The molecule has 1 aromatic carbocycles. The molecule has 0 saturated heterocycles. The molecule has 0 spiro atoms. The van der Waals surface area contributed by atoms with Crippen LogP contribution in [0.4, 0.5) is 0 Å². The first kappa shape index (κ1) is 13.5. The molecule has 0 aliphatic carbocycles. The van der Waals surface area contributed by atoms with Crippen LogP contribution in [0, 0.1) is 11.3 Å². The standard InChI is InChI=1S/C13H15ClN2O/c1-2-7-16-13(17)8-11(9-15)10-3-5-12(14)6-4-10/h3-6,11H,2,7-8H2,1H3,(H,16,17). The van der Waals surface area contributed by atoms with Crippen LogP contribution in [0.25, 0.3) is 0 Å². The van der Waals surface area contributed by atoms with Crippen LogP contribution in [0.3, 0.4) is 0 Å². The van der Waals surface area contributed by atoms with Crippen LogP contribution < -0.4 is 5.32 Å². The molecule has 1 rings (SSSR count). The van der Waals surface area contributed by atoms with Crippen molar-refractivity contribution in [2.24, 2.45) is 0 Å². The van der Waals surface area contributed by atoms with Gasteiger partial charge in [-0.3, -0.25) is 4.79 Å². The second kappa shape index (κ2) is 6.93. The molecule has 0 aromatic heterocycles. The van der Waals surface area contributed by atoms with E-state index in [1.165, 1.54) is 0 Å². The molecule has 0 aliphatic heterocycles. The Morgan fingerprint density at radius 3 is 2.65 bits per heavy atom. The van der Waals surface area contributed by atoms with Crippen molar-refractivity contribution in [1.29, 1.82) is 5.26 Å². The predicted octanol–water partition coefficient (Wildman–Crippen LogP) is 2.86. The van der Waals surface area contributed by atoms with Gasteiger partial charge in [-0.25, -0.2) is 0 Å². The van der Waals surface area contributed by atoms with Crippen molar-refractivity contribution in [2.45, 2.75) is 25.7 Å². The van der Waals surface area contributed by atoms with E-state index in [0.717, 1.165) is 12.0 Å². The van der Waals surface area contributed by atoms with Gasteiger partial charge in [0.15, 0.2) is 0 Å². The highest BCUT2D eigenvalue weighted by atomic mass is 35.5. The van der Waals surface area contributed by atoms with Gasteiger partial charge in [0.1, 0.15) is 0 Å². The molecule has 1 aromatic rings. The molecule has 90 valence electrons. The van der Waals surface area contributed by atoms with Crippen LogP contribution in [0.1, 0.15) is 31.2 Å². The molecule has 3 nitrogen and oxygen atoms in total. The monoisotopic (exact) mass is 250 g/mol. The zero-order chi connectivity index (χ0) is 12.7. The third kappa shape index (κ3) is 4.46. The van der Waals surface area contributed by atoms with E-state index in [-0.39, 0.29) is 12.3 Å². The number of nitrogens with zero attached hydrogens (tertiary/aromatic N) is 1. The van der Waals surface area contributed by atoms with E-state index in [2.05, 4.69) is 11.4 Å². The molecule has 1 unspecified atom stereocenters. The minimum absolute atomic E-state index is 0.0895. The Labute approximate surface area is 106 Å². The first-order chi connectivity index (χ1) is 8.17. The number of nitriles is 1. The van der Waals surface area contributed by atoms with E-state index in [1.807, 2.05) is 6.92 Å². The third-order valence-electron chi connectivity index (χ3n) is 2.39. The van der Waals surface area contributed by atoms with Gasteiger partial charge in [-0.05, 0) is 24.1 Å². The van der Waals surface area contributed by atoms with Gasteiger partial charge >= 0.3 is 0 Å². The number of nitrogens with one attached hydrogen (secondary N) is 1. The highest BCUT2D eigenvalue weighted by Gasteiger charge is 2.14. The van der Waals surface area contributed by atoms with Crippen molar-refractivity contribution in [2.75, 3.05) is 6.54 Å². The maximum atomic E-state index is 11.5. The lowest BCUT2D eigenvalue weighted by Gasteiger charge is -2.09. The van der Waals surface area contributed by atoms with Crippen LogP contribution in [-0.4, -0.2) is 12.5 Å². The van der Waals surface area contributed by atoms with Gasteiger partial charge < -0.3 is 5.32 Å². The summed E-state index contributed by atoms with van der Waals surface area (Å²) in [6.45, 7) is 2.64. The first-order valence-electron chi connectivity index (χ1n) is 5.59. The summed E-state index contributed by atoms with van der Waals surface area (Å²) in [4.78, 5) is 11.5. The summed E-state index contributed by atoms with van der Waals surface area (Å²) in [7, 11) is 0. The summed E-state index contributed by atoms with van der Waals surface area (Å²) in [6, 6.07) is 9.16. The van der Waals surface area contributed by atoms with E-state index in [9.17, 15) is 4.79 Å². The number of hydrogen-bond donors (Lipinski definition) is 1. The van der Waals surface area contributed by atoms with Crippen molar-refractivity contribution >= 4 is 17.5 Å². The summed E-state index contributed by atoms with van der Waals surface area (Å²) >= 11 is 5.77. The van der Waals surface area contributed by atoms with E-state index < -0.39 is 5.92 Å². The molecule has 4 heteroatoms. The molecule has 1 atom stereocenters. The molecule has 0 saturated carbocycles. The van der Waals surface area contributed by atoms with Crippen molar-refractivity contribution < 1.29 is 4.79 Å². The van der Waals surface area contributed by atoms with Gasteiger partial charge in [0.05, 0.1) is 12.0 Å². The Bertz CT molecular complexity index is 408. The predicted molar refractivity (Wildman–Crippen MR) is 67.7 cm³/mol. The molecule has 0 heterocycles. The SMILES string of the molecule is CCCNC(=O)CC(C#N)c1ccc(Cl)cc1. The summed E-state index contributed by atoms with van der Waals surface area (Å²) in [5.74, 6) is -0.502. The number of carbonyl (C=O) groups is 1. The maximum Gasteiger partial charge on any atom is 0.221 e. The Hall–Kier alpha value is -1.53. The molecule has 0 aliphatic rings. The van der Waals surface area contributed by atoms with E-state index >= 15 is 0 Å². The minimum atomic E-state index is -0.413. The van der Waals surface area contributed by atoms with Gasteiger partial charge in [0.2, 0.25) is 5.91 Å². The Kier molecular flexibility index (Phi) is 5.51. The average Bonchev–Trinajstić information content (AvgIpc) is 2.34. The first-order valence-corrected chi connectivity index (χ1v) is 5.97. The lowest BCUT2D eigenvalue weighted by molar-refractivity contribution is -0.121. The summed E-state index contributed by atoms with van der Waals surface area (Å²) in [6.07, 6.45) is 1.09. The molecule has 17 heavy (non-hydrogen) atoms. The van der Waals surface area contributed by atoms with Crippen LogP contribution >= 0.6 is 11.6 Å². The molecular weight excluding hydrogens is 236 g/mol. The largest absolute Gasteiger partial charge is 0.356 e. The third-order valence-corrected chi connectivity index (χ3v) is 2.64. The quantitative estimate of drug-likeness (QED) is 0.874. The summed E-state index contributed by atoms with van der Waals surface area (Å²) < 4.78 is 0. The second-order valence-electron chi connectivity index (χ2n) is 3.79. The van der Waals surface area contributed by atoms with E-state index in [1.54, 1.807) is 24.3 Å². The molecule has 1 N–H and O–H groups in total. The fourth-order valence-electron chi connectivity index (χ4n) is 1.46. The van der Waals surface area contributed by atoms with Crippen LogP contribution in [0.15, 0.2) is 24.3 Å². The second-order valence-corrected chi connectivity index (χ2v) is 4.22. The van der Waals surface area contributed by atoms with E-state index in [0.29, 0.717) is 11.6 Å². The van der Waals surface area contributed by atoms with Gasteiger partial charge in [0.25, 0.3) is 0 Å². The molecule has 0 radical (unpaired) electrons. The molecular formula is C13H15ClN2O. The number of hydrogen-bond acceptors (Lipinski definition) is 2. The molecule has 1 amide bonds. The van der Waals surface area contributed by atoms with Crippen LogP contribution in [0.2, 0.25) is 5.02 Å². The number of amides is 1. The topological polar surface area (TPSA) is 52.9 Å². The number of carbonyl (C=O) groups excluding carboxylic acids is 1. The Morgan fingerprint density at radius 1 is 1.47 bits per heavy atom. The summed E-state index contributed by atoms with van der Waals surface area (Å²) in [5.41, 5.74) is 0.823. The number of benzene rings is 1. The molecule has 0 fully saturated rings. The lowest BCUT2D eigenvalue weighted by atomic mass is 9.97. The Balaban J connectivity index is 2.63. The van der Waals surface area contributed by atoms with Gasteiger partial charge in [-0.2, -0.15) is 5.26 Å². The fourth-order valence-corrected chi connectivity index (χ4v) is 1.58. The average molecular weight is 251 g/mol. The van der Waals surface area contributed by atoms with Gasteiger partial charge in [-0.1, -0.05) is 30.7 Å². The molecule has 0 bridgehead atoms. The zero-order valence-electron chi connectivity index (χ0n) is 9.74. The number of halogens is 1. The Morgan fingerprint density at radius 2 is 2.12 bits per heavy atom.